The van der Waals surface area contributed by atoms with Gasteiger partial charge in [0.1, 0.15) is 5.82 Å². The van der Waals surface area contributed by atoms with E-state index < -0.39 is 11.7 Å². The van der Waals surface area contributed by atoms with Gasteiger partial charge in [-0.3, -0.25) is 4.79 Å². The summed E-state index contributed by atoms with van der Waals surface area (Å²) in [5.41, 5.74) is 1.75. The zero-order chi connectivity index (χ0) is 17.8. The Hall–Kier alpha value is -2.99. The molecule has 3 aromatic rings. The molecule has 0 aliphatic carbocycles. The lowest BCUT2D eigenvalue weighted by Gasteiger charge is -2.09. The van der Waals surface area contributed by atoms with Crippen LogP contribution in [0.5, 0.6) is 0 Å². The molecule has 0 fully saturated rings. The summed E-state index contributed by atoms with van der Waals surface area (Å²) in [6.45, 7) is 1.97. The Kier molecular flexibility index (Phi) is 4.90. The second-order valence-corrected chi connectivity index (χ2v) is 5.70. The van der Waals surface area contributed by atoms with Crippen molar-refractivity contribution in [2.45, 2.75) is 6.92 Å². The first-order valence-electron chi connectivity index (χ1n) is 7.46. The van der Waals surface area contributed by atoms with Gasteiger partial charge < -0.3 is 10.6 Å². The van der Waals surface area contributed by atoms with Gasteiger partial charge in [-0.25, -0.2) is 4.39 Å². The Bertz CT molecular complexity index is 895. The van der Waals surface area contributed by atoms with Gasteiger partial charge in [0.2, 0.25) is 0 Å². The first-order valence-corrected chi connectivity index (χ1v) is 7.84. The summed E-state index contributed by atoms with van der Waals surface area (Å²) in [7, 11) is 0. The maximum absolute atomic E-state index is 13.8. The van der Waals surface area contributed by atoms with Crippen molar-refractivity contribution in [2.24, 2.45) is 0 Å². The van der Waals surface area contributed by atoms with Crippen molar-refractivity contribution in [3.05, 3.63) is 76.6 Å². The minimum absolute atomic E-state index is 0.0308. The Balaban J connectivity index is 1.73. The van der Waals surface area contributed by atoms with E-state index >= 15 is 0 Å². The number of aryl methyl sites for hydroxylation is 1. The second-order valence-electron chi connectivity index (χ2n) is 5.29. The molecule has 2 aromatic carbocycles. The van der Waals surface area contributed by atoms with Crippen LogP contribution in [0.3, 0.4) is 0 Å². The summed E-state index contributed by atoms with van der Waals surface area (Å²) in [6.07, 6.45) is 0. The number of benzene rings is 2. The molecule has 25 heavy (non-hydrogen) atoms. The number of aromatic nitrogens is 2. The molecule has 0 bridgehead atoms. The fraction of sp³-hybridized carbons (Fsp3) is 0.0556. The van der Waals surface area contributed by atoms with E-state index in [1.165, 1.54) is 18.2 Å². The third-order valence-corrected chi connectivity index (χ3v) is 3.82. The average molecular weight is 357 g/mol. The van der Waals surface area contributed by atoms with Crippen LogP contribution in [-0.2, 0) is 0 Å². The van der Waals surface area contributed by atoms with Gasteiger partial charge in [-0.2, -0.15) is 0 Å². The number of carbonyl (C=O) groups is 1. The number of para-hydroxylation sites is 1. The highest BCUT2D eigenvalue weighted by molar-refractivity contribution is 6.34. The Morgan fingerprint density at radius 1 is 1.00 bits per heavy atom. The summed E-state index contributed by atoms with van der Waals surface area (Å²) in [5.74, 6) is -0.663. The van der Waals surface area contributed by atoms with Crippen molar-refractivity contribution < 1.29 is 9.18 Å². The number of rotatable bonds is 4. The van der Waals surface area contributed by atoms with Gasteiger partial charge >= 0.3 is 0 Å². The van der Waals surface area contributed by atoms with Crippen LogP contribution < -0.4 is 10.6 Å². The smallest absolute Gasteiger partial charge is 0.261 e. The van der Waals surface area contributed by atoms with Gasteiger partial charge in [0, 0.05) is 5.69 Å². The van der Waals surface area contributed by atoms with Crippen LogP contribution in [0.1, 0.15) is 15.9 Å². The molecule has 1 heterocycles. The van der Waals surface area contributed by atoms with E-state index in [1.807, 2.05) is 31.2 Å². The molecule has 1 aromatic heterocycles. The number of hydrogen-bond donors (Lipinski definition) is 2. The normalized spacial score (nSPS) is 10.4. The largest absolute Gasteiger partial charge is 0.339 e. The SMILES string of the molecule is Cc1ccccc1Nc1ccc(NC(=O)c2c(F)cccc2Cl)nn1. The number of hydrogen-bond acceptors (Lipinski definition) is 4. The Morgan fingerprint density at radius 3 is 2.40 bits per heavy atom. The standard InChI is InChI=1S/C18H14ClFN4O/c1-11-5-2-3-8-14(11)21-15-9-10-16(24-23-15)22-18(25)17-12(19)6-4-7-13(17)20/h2-10H,1H3,(H,21,23)(H,22,24,25). The topological polar surface area (TPSA) is 66.9 Å². The van der Waals surface area contributed by atoms with Crippen LogP contribution in [0.25, 0.3) is 0 Å². The highest BCUT2D eigenvalue weighted by Gasteiger charge is 2.16. The zero-order valence-electron chi connectivity index (χ0n) is 13.3. The maximum Gasteiger partial charge on any atom is 0.261 e. The molecule has 5 nitrogen and oxygen atoms in total. The Labute approximate surface area is 148 Å². The van der Waals surface area contributed by atoms with Crippen molar-refractivity contribution in [1.29, 1.82) is 0 Å². The van der Waals surface area contributed by atoms with Crippen LogP contribution in [0.2, 0.25) is 5.02 Å². The van der Waals surface area contributed by atoms with E-state index in [0.717, 1.165) is 11.3 Å². The van der Waals surface area contributed by atoms with Crippen LogP contribution in [0.15, 0.2) is 54.6 Å². The third kappa shape index (κ3) is 3.92. The summed E-state index contributed by atoms with van der Waals surface area (Å²) >= 11 is 5.87. The first-order chi connectivity index (χ1) is 12.0. The van der Waals surface area contributed by atoms with Gasteiger partial charge in [0.05, 0.1) is 10.6 Å². The molecular weight excluding hydrogens is 343 g/mol. The number of carbonyl (C=O) groups excluding carboxylic acids is 1. The van der Waals surface area contributed by atoms with Gasteiger partial charge in [0.15, 0.2) is 11.6 Å². The fourth-order valence-electron chi connectivity index (χ4n) is 2.21. The molecule has 3 rings (SSSR count). The molecule has 0 atom stereocenters. The molecule has 1 amide bonds. The minimum Gasteiger partial charge on any atom is -0.339 e. The first kappa shape index (κ1) is 16.9. The number of amides is 1. The summed E-state index contributed by atoms with van der Waals surface area (Å²) in [6, 6.07) is 15.0. The number of nitrogens with one attached hydrogen (secondary N) is 2. The average Bonchev–Trinajstić information content (AvgIpc) is 2.58. The van der Waals surface area contributed by atoms with Crippen LogP contribution >= 0.6 is 11.6 Å². The quantitative estimate of drug-likeness (QED) is 0.718. The number of anilines is 3. The molecular formula is C18H14ClFN4O. The number of nitrogens with zero attached hydrogens (tertiary/aromatic N) is 2. The molecule has 0 unspecified atom stereocenters. The fourth-order valence-corrected chi connectivity index (χ4v) is 2.46. The van der Waals surface area contributed by atoms with Crippen molar-refractivity contribution in [3.63, 3.8) is 0 Å². The third-order valence-electron chi connectivity index (χ3n) is 3.50. The van der Waals surface area contributed by atoms with E-state index in [-0.39, 0.29) is 16.4 Å². The van der Waals surface area contributed by atoms with E-state index in [2.05, 4.69) is 20.8 Å². The highest BCUT2D eigenvalue weighted by Crippen LogP contribution is 2.21. The molecule has 0 spiro atoms. The van der Waals surface area contributed by atoms with Crippen molar-refractivity contribution in [3.8, 4) is 0 Å². The van der Waals surface area contributed by atoms with E-state index in [1.54, 1.807) is 12.1 Å². The highest BCUT2D eigenvalue weighted by atomic mass is 35.5. The molecule has 0 aliphatic heterocycles. The van der Waals surface area contributed by atoms with Crippen LogP contribution in [-0.4, -0.2) is 16.1 Å². The maximum atomic E-state index is 13.8. The van der Waals surface area contributed by atoms with Crippen LogP contribution in [0.4, 0.5) is 21.7 Å². The lowest BCUT2D eigenvalue weighted by atomic mass is 10.2. The molecule has 2 N–H and O–H groups in total. The van der Waals surface area contributed by atoms with Gasteiger partial charge in [-0.1, -0.05) is 35.9 Å². The lowest BCUT2D eigenvalue weighted by molar-refractivity contribution is 0.102. The lowest BCUT2D eigenvalue weighted by Crippen LogP contribution is -2.15. The molecule has 7 heteroatoms. The molecule has 0 saturated heterocycles. The summed E-state index contributed by atoms with van der Waals surface area (Å²) in [5, 5.41) is 13.6. The van der Waals surface area contributed by atoms with E-state index in [4.69, 9.17) is 11.6 Å². The van der Waals surface area contributed by atoms with E-state index in [0.29, 0.717) is 5.82 Å². The van der Waals surface area contributed by atoms with Gasteiger partial charge in [-0.05, 0) is 42.8 Å². The molecule has 126 valence electrons. The monoisotopic (exact) mass is 356 g/mol. The minimum atomic E-state index is -0.698. The number of halogens is 2. The van der Waals surface area contributed by atoms with Crippen molar-refractivity contribution >= 4 is 34.8 Å². The zero-order valence-corrected chi connectivity index (χ0v) is 14.0. The van der Waals surface area contributed by atoms with Crippen LogP contribution in [0, 0.1) is 12.7 Å². The van der Waals surface area contributed by atoms with Gasteiger partial charge in [0.25, 0.3) is 5.91 Å². The van der Waals surface area contributed by atoms with Crippen molar-refractivity contribution in [1.82, 2.24) is 10.2 Å². The predicted octanol–water partition coefficient (Wildman–Crippen LogP) is 4.57. The molecule has 0 aliphatic rings. The summed E-state index contributed by atoms with van der Waals surface area (Å²) < 4.78 is 13.8. The van der Waals surface area contributed by atoms with E-state index in [9.17, 15) is 9.18 Å². The molecule has 0 saturated carbocycles. The van der Waals surface area contributed by atoms with Crippen molar-refractivity contribution in [2.75, 3.05) is 10.6 Å². The predicted molar refractivity (Wildman–Crippen MR) is 95.9 cm³/mol. The Morgan fingerprint density at radius 2 is 1.72 bits per heavy atom. The summed E-state index contributed by atoms with van der Waals surface area (Å²) in [4.78, 5) is 12.2. The second kappa shape index (κ2) is 7.27. The molecule has 0 radical (unpaired) electrons. The van der Waals surface area contributed by atoms with Gasteiger partial charge in [-0.15, -0.1) is 10.2 Å².